The normalized spacial score (nSPS) is 26.4. The molecule has 29 heavy (non-hydrogen) atoms. The van der Waals surface area contributed by atoms with Crippen molar-refractivity contribution in [2.45, 2.75) is 45.3 Å². The standard InChI is InChI=1S/C23H30N2O4/c1-5-6-16-15-8-7-14(27-3)9-20(15)25-22(16)21-10-17-18(11-24-21)13(2)29-12-19(17)23(26)28-4/h7-9,12-13,17-18,21,24-25H,5-6,10-11H2,1-4H3/t13-,17-,18-,21-/m0/s1. The van der Waals surface area contributed by atoms with Crippen molar-refractivity contribution in [3.05, 3.63) is 41.3 Å². The van der Waals surface area contributed by atoms with Crippen LogP contribution in [0.4, 0.5) is 0 Å². The van der Waals surface area contributed by atoms with Crippen molar-refractivity contribution in [1.82, 2.24) is 10.3 Å². The van der Waals surface area contributed by atoms with E-state index in [1.807, 2.05) is 6.07 Å². The number of carbonyl (C=O) groups is 1. The molecule has 1 saturated heterocycles. The second-order valence-electron chi connectivity index (χ2n) is 8.05. The van der Waals surface area contributed by atoms with Crippen LogP contribution in [0.3, 0.4) is 0 Å². The van der Waals surface area contributed by atoms with Gasteiger partial charge in [-0.25, -0.2) is 4.79 Å². The van der Waals surface area contributed by atoms with Gasteiger partial charge in [0, 0.05) is 47.1 Å². The van der Waals surface area contributed by atoms with Crippen molar-refractivity contribution in [2.75, 3.05) is 20.8 Å². The molecule has 0 amide bonds. The van der Waals surface area contributed by atoms with Crippen LogP contribution in [0.1, 0.15) is 44.0 Å². The van der Waals surface area contributed by atoms with Gasteiger partial charge in [0.2, 0.25) is 0 Å². The summed E-state index contributed by atoms with van der Waals surface area (Å²) in [6.45, 7) is 5.08. The van der Waals surface area contributed by atoms with Crippen LogP contribution in [-0.2, 0) is 20.7 Å². The largest absolute Gasteiger partial charge is 0.497 e. The topological polar surface area (TPSA) is 72.6 Å². The van der Waals surface area contributed by atoms with E-state index < -0.39 is 0 Å². The fraction of sp³-hybridized carbons (Fsp3) is 0.522. The SMILES string of the molecule is CCCc1c([C@@H]2C[C@@H]3C(C(=O)OC)=CO[C@@H](C)[C@@H]3CN2)[nH]c2cc(OC)ccc12. The molecule has 0 spiro atoms. The molecule has 0 aliphatic carbocycles. The van der Waals surface area contributed by atoms with E-state index in [2.05, 4.69) is 36.3 Å². The Kier molecular flexibility index (Phi) is 5.54. The van der Waals surface area contributed by atoms with Crippen molar-refractivity contribution in [3.8, 4) is 5.75 Å². The quantitative estimate of drug-likeness (QED) is 0.748. The molecule has 2 aromatic rings. The Hall–Kier alpha value is -2.47. The van der Waals surface area contributed by atoms with E-state index in [1.54, 1.807) is 13.4 Å². The molecule has 4 atom stereocenters. The smallest absolute Gasteiger partial charge is 0.337 e. The van der Waals surface area contributed by atoms with Crippen LogP contribution < -0.4 is 10.1 Å². The lowest BCUT2D eigenvalue weighted by molar-refractivity contribution is -0.138. The number of fused-ring (bicyclic) bond motifs is 2. The number of esters is 1. The van der Waals surface area contributed by atoms with Crippen LogP contribution >= 0.6 is 0 Å². The summed E-state index contributed by atoms with van der Waals surface area (Å²) in [7, 11) is 3.12. The van der Waals surface area contributed by atoms with E-state index in [0.29, 0.717) is 5.57 Å². The molecular weight excluding hydrogens is 368 g/mol. The maximum atomic E-state index is 12.3. The van der Waals surface area contributed by atoms with E-state index in [1.165, 1.54) is 23.8 Å². The number of hydrogen-bond donors (Lipinski definition) is 2. The fourth-order valence-corrected chi connectivity index (χ4v) is 4.89. The Morgan fingerprint density at radius 3 is 2.86 bits per heavy atom. The molecule has 2 aliphatic rings. The van der Waals surface area contributed by atoms with E-state index in [0.717, 1.165) is 37.1 Å². The molecule has 6 heteroatoms. The van der Waals surface area contributed by atoms with Gasteiger partial charge in [0.15, 0.2) is 0 Å². The number of aryl methyl sites for hydroxylation is 1. The number of hydrogen-bond acceptors (Lipinski definition) is 5. The van der Waals surface area contributed by atoms with E-state index >= 15 is 0 Å². The summed E-state index contributed by atoms with van der Waals surface area (Å²) in [5.74, 6) is 0.930. The van der Waals surface area contributed by atoms with Crippen molar-refractivity contribution in [1.29, 1.82) is 0 Å². The number of methoxy groups -OCH3 is 2. The third-order valence-corrected chi connectivity index (χ3v) is 6.43. The molecule has 0 saturated carbocycles. The third kappa shape index (κ3) is 3.50. The highest BCUT2D eigenvalue weighted by Crippen LogP contribution is 2.42. The Balaban J connectivity index is 1.70. The van der Waals surface area contributed by atoms with Crippen molar-refractivity contribution >= 4 is 16.9 Å². The van der Waals surface area contributed by atoms with E-state index in [-0.39, 0.29) is 30.0 Å². The highest BCUT2D eigenvalue weighted by molar-refractivity contribution is 5.89. The number of piperidine rings is 1. The van der Waals surface area contributed by atoms with Gasteiger partial charge >= 0.3 is 5.97 Å². The fourth-order valence-electron chi connectivity index (χ4n) is 4.89. The third-order valence-electron chi connectivity index (χ3n) is 6.43. The number of benzene rings is 1. The average molecular weight is 399 g/mol. The number of aromatic nitrogens is 1. The Morgan fingerprint density at radius 1 is 1.31 bits per heavy atom. The van der Waals surface area contributed by atoms with Crippen LogP contribution in [-0.4, -0.2) is 37.8 Å². The first-order valence-corrected chi connectivity index (χ1v) is 10.4. The molecule has 0 unspecified atom stereocenters. The molecule has 0 radical (unpaired) electrons. The van der Waals surface area contributed by atoms with Gasteiger partial charge in [0.25, 0.3) is 0 Å². The van der Waals surface area contributed by atoms with Crippen molar-refractivity contribution < 1.29 is 19.0 Å². The molecule has 1 aromatic heterocycles. The molecule has 0 bridgehead atoms. The Labute approximate surface area is 171 Å². The zero-order valence-electron chi connectivity index (χ0n) is 17.6. The summed E-state index contributed by atoms with van der Waals surface area (Å²) in [5, 5.41) is 4.96. The van der Waals surface area contributed by atoms with E-state index in [4.69, 9.17) is 14.2 Å². The summed E-state index contributed by atoms with van der Waals surface area (Å²) in [5.41, 5.74) is 4.31. The summed E-state index contributed by atoms with van der Waals surface area (Å²) in [6, 6.07) is 6.36. The molecule has 6 nitrogen and oxygen atoms in total. The van der Waals surface area contributed by atoms with Crippen LogP contribution in [0.25, 0.3) is 10.9 Å². The van der Waals surface area contributed by atoms with Gasteiger partial charge in [-0.2, -0.15) is 0 Å². The highest BCUT2D eigenvalue weighted by Gasteiger charge is 2.42. The molecular formula is C23H30N2O4. The van der Waals surface area contributed by atoms with Crippen LogP contribution in [0.2, 0.25) is 0 Å². The number of ether oxygens (including phenoxy) is 3. The highest BCUT2D eigenvalue weighted by atomic mass is 16.5. The summed E-state index contributed by atoms with van der Waals surface area (Å²) >= 11 is 0. The number of rotatable bonds is 5. The second-order valence-corrected chi connectivity index (χ2v) is 8.05. The van der Waals surface area contributed by atoms with Crippen molar-refractivity contribution in [3.63, 3.8) is 0 Å². The maximum absolute atomic E-state index is 12.3. The van der Waals surface area contributed by atoms with Crippen molar-refractivity contribution in [2.24, 2.45) is 11.8 Å². The molecule has 2 aliphatic heterocycles. The second kappa shape index (κ2) is 8.11. The van der Waals surface area contributed by atoms with Gasteiger partial charge in [-0.1, -0.05) is 13.3 Å². The minimum Gasteiger partial charge on any atom is -0.497 e. The predicted octanol–water partition coefficient (Wildman–Crippen LogP) is 3.87. The van der Waals surface area contributed by atoms with Gasteiger partial charge < -0.3 is 24.5 Å². The molecule has 1 aromatic carbocycles. The first kappa shape index (κ1) is 19.8. The summed E-state index contributed by atoms with van der Waals surface area (Å²) < 4.78 is 16.2. The number of H-pyrrole nitrogens is 1. The molecule has 156 valence electrons. The number of carbonyl (C=O) groups excluding carboxylic acids is 1. The number of nitrogens with one attached hydrogen (secondary N) is 2. The molecule has 2 N–H and O–H groups in total. The van der Waals surface area contributed by atoms with Crippen LogP contribution in [0.15, 0.2) is 30.0 Å². The zero-order chi connectivity index (χ0) is 20.5. The van der Waals surface area contributed by atoms with E-state index in [9.17, 15) is 4.79 Å². The van der Waals surface area contributed by atoms with Crippen LogP contribution in [0, 0.1) is 11.8 Å². The zero-order valence-corrected chi connectivity index (χ0v) is 17.6. The average Bonchev–Trinajstić information content (AvgIpc) is 3.11. The Morgan fingerprint density at radius 2 is 2.14 bits per heavy atom. The maximum Gasteiger partial charge on any atom is 0.337 e. The van der Waals surface area contributed by atoms with Crippen LogP contribution in [0.5, 0.6) is 5.75 Å². The van der Waals surface area contributed by atoms with Gasteiger partial charge in [-0.3, -0.25) is 0 Å². The monoisotopic (exact) mass is 398 g/mol. The minimum absolute atomic E-state index is 0.0731. The molecule has 1 fully saturated rings. The minimum atomic E-state index is -0.289. The first-order chi connectivity index (χ1) is 14.1. The molecule has 3 heterocycles. The van der Waals surface area contributed by atoms with Gasteiger partial charge in [-0.05, 0) is 37.5 Å². The summed E-state index contributed by atoms with van der Waals surface area (Å²) in [6.07, 6.45) is 4.60. The first-order valence-electron chi connectivity index (χ1n) is 10.4. The van der Waals surface area contributed by atoms with Gasteiger partial charge in [0.1, 0.15) is 5.75 Å². The van der Waals surface area contributed by atoms with Gasteiger partial charge in [-0.15, -0.1) is 0 Å². The summed E-state index contributed by atoms with van der Waals surface area (Å²) in [4.78, 5) is 16.0. The Bertz CT molecular complexity index is 932. The lowest BCUT2D eigenvalue weighted by Crippen LogP contribution is -2.47. The lowest BCUT2D eigenvalue weighted by Gasteiger charge is -2.42. The van der Waals surface area contributed by atoms with Gasteiger partial charge in [0.05, 0.1) is 32.2 Å². The predicted molar refractivity (Wildman–Crippen MR) is 112 cm³/mol. The lowest BCUT2D eigenvalue weighted by atomic mass is 9.74. The molecule has 4 rings (SSSR count). The number of aromatic amines is 1.